The number of H-pyrrole nitrogens is 1. The van der Waals surface area contributed by atoms with E-state index in [9.17, 15) is 9.59 Å². The molecule has 148 valence electrons. The zero-order valence-electron chi connectivity index (χ0n) is 16.3. The van der Waals surface area contributed by atoms with Crippen molar-refractivity contribution in [3.63, 3.8) is 0 Å². The smallest absolute Gasteiger partial charge is 0.246 e. The molecule has 29 heavy (non-hydrogen) atoms. The van der Waals surface area contributed by atoms with Gasteiger partial charge in [0.05, 0.1) is 12.8 Å². The summed E-state index contributed by atoms with van der Waals surface area (Å²) in [5, 5.41) is 4.03. The van der Waals surface area contributed by atoms with Crippen LogP contribution in [-0.4, -0.2) is 47.4 Å². The van der Waals surface area contributed by atoms with E-state index in [1.54, 1.807) is 12.0 Å². The van der Waals surface area contributed by atoms with Crippen molar-refractivity contribution in [3.8, 4) is 17.0 Å². The fraction of sp³-hybridized carbons (Fsp3) is 0.304. The van der Waals surface area contributed by atoms with Crippen LogP contribution in [0.3, 0.4) is 0 Å². The number of ether oxygens (including phenoxy) is 1. The van der Waals surface area contributed by atoms with Crippen molar-refractivity contribution in [1.82, 2.24) is 15.2 Å². The van der Waals surface area contributed by atoms with Crippen LogP contribution in [-0.2, 0) is 16.0 Å². The molecule has 2 N–H and O–H groups in total. The van der Waals surface area contributed by atoms with Gasteiger partial charge in [0.25, 0.3) is 0 Å². The molecule has 2 amide bonds. The number of para-hydroxylation sites is 2. The van der Waals surface area contributed by atoms with Gasteiger partial charge in [-0.3, -0.25) is 9.59 Å². The van der Waals surface area contributed by atoms with E-state index in [0.29, 0.717) is 13.0 Å². The molecule has 2 aliphatic rings. The van der Waals surface area contributed by atoms with Gasteiger partial charge in [-0.2, -0.15) is 0 Å². The number of aromatic nitrogens is 1. The van der Waals surface area contributed by atoms with Gasteiger partial charge >= 0.3 is 0 Å². The standard InChI is InChI=1S/C23H23N3O3/c1-29-20-11-5-3-8-15(20)21-16(14-7-2-4-9-17(14)24-21)13-18-23(28)26-12-6-10-19(26)22(27)25-18/h2-5,7-9,11,18-19,24H,6,10,12-13H2,1H3,(H,25,27)/t18-,19+/m0/s1. The summed E-state index contributed by atoms with van der Waals surface area (Å²) < 4.78 is 5.57. The number of fused-ring (bicyclic) bond motifs is 2. The summed E-state index contributed by atoms with van der Waals surface area (Å²) in [6.07, 6.45) is 2.07. The van der Waals surface area contributed by atoms with Crippen LogP contribution in [0, 0.1) is 0 Å². The Morgan fingerprint density at radius 3 is 2.76 bits per heavy atom. The second-order valence-electron chi connectivity index (χ2n) is 7.68. The molecule has 2 atom stereocenters. The van der Waals surface area contributed by atoms with E-state index in [2.05, 4.69) is 10.3 Å². The number of nitrogens with one attached hydrogen (secondary N) is 2. The van der Waals surface area contributed by atoms with Gasteiger partial charge in [0, 0.05) is 29.4 Å². The summed E-state index contributed by atoms with van der Waals surface area (Å²) >= 11 is 0. The van der Waals surface area contributed by atoms with Crippen LogP contribution in [0.4, 0.5) is 0 Å². The highest BCUT2D eigenvalue weighted by atomic mass is 16.5. The van der Waals surface area contributed by atoms with Crippen LogP contribution in [0.25, 0.3) is 22.2 Å². The predicted molar refractivity (Wildman–Crippen MR) is 111 cm³/mol. The number of nitrogens with zero attached hydrogens (tertiary/aromatic N) is 1. The molecule has 5 rings (SSSR count). The number of hydrogen-bond donors (Lipinski definition) is 2. The lowest BCUT2D eigenvalue weighted by molar-refractivity contribution is -0.146. The second-order valence-corrected chi connectivity index (χ2v) is 7.68. The minimum absolute atomic E-state index is 0.0170. The quantitative estimate of drug-likeness (QED) is 0.721. The molecule has 0 bridgehead atoms. The fourth-order valence-electron chi connectivity index (χ4n) is 4.67. The number of carbonyl (C=O) groups excluding carboxylic acids is 2. The van der Waals surface area contributed by atoms with Gasteiger partial charge in [-0.15, -0.1) is 0 Å². The first kappa shape index (κ1) is 17.8. The lowest BCUT2D eigenvalue weighted by Crippen LogP contribution is -2.61. The zero-order valence-corrected chi connectivity index (χ0v) is 16.3. The first-order valence-electron chi connectivity index (χ1n) is 10.0. The van der Waals surface area contributed by atoms with Crippen LogP contribution in [0.5, 0.6) is 5.75 Å². The highest BCUT2D eigenvalue weighted by Gasteiger charge is 2.43. The summed E-state index contributed by atoms with van der Waals surface area (Å²) in [6, 6.07) is 15.0. The van der Waals surface area contributed by atoms with E-state index < -0.39 is 6.04 Å². The molecule has 0 unspecified atom stereocenters. The molecule has 6 nitrogen and oxygen atoms in total. The molecular formula is C23H23N3O3. The van der Waals surface area contributed by atoms with Gasteiger partial charge in [0.15, 0.2) is 0 Å². The number of hydrogen-bond acceptors (Lipinski definition) is 3. The Bertz CT molecular complexity index is 1100. The number of aromatic amines is 1. The Balaban J connectivity index is 1.59. The SMILES string of the molecule is COc1ccccc1-c1[nH]c2ccccc2c1C[C@@H]1NC(=O)[C@H]2CCCN2C1=O. The molecule has 2 aliphatic heterocycles. The van der Waals surface area contributed by atoms with Crippen LogP contribution >= 0.6 is 0 Å². The van der Waals surface area contributed by atoms with Crippen LogP contribution in [0.15, 0.2) is 48.5 Å². The normalized spacial score (nSPS) is 21.3. The number of benzene rings is 2. The second kappa shape index (κ2) is 6.95. The van der Waals surface area contributed by atoms with E-state index in [1.165, 1.54) is 0 Å². The Hall–Kier alpha value is -3.28. The minimum atomic E-state index is -0.551. The minimum Gasteiger partial charge on any atom is -0.496 e. The third-order valence-electron chi connectivity index (χ3n) is 6.05. The van der Waals surface area contributed by atoms with Crippen molar-refractivity contribution in [3.05, 3.63) is 54.1 Å². The lowest BCUT2D eigenvalue weighted by Gasteiger charge is -2.34. The number of rotatable bonds is 4. The number of carbonyl (C=O) groups is 2. The summed E-state index contributed by atoms with van der Waals surface area (Å²) in [7, 11) is 1.65. The Morgan fingerprint density at radius 1 is 1.10 bits per heavy atom. The van der Waals surface area contributed by atoms with Crippen molar-refractivity contribution in [2.75, 3.05) is 13.7 Å². The Labute approximate surface area is 168 Å². The zero-order chi connectivity index (χ0) is 20.0. The van der Waals surface area contributed by atoms with Crippen molar-refractivity contribution >= 4 is 22.7 Å². The third kappa shape index (κ3) is 2.87. The van der Waals surface area contributed by atoms with E-state index in [-0.39, 0.29) is 17.9 Å². The van der Waals surface area contributed by atoms with Crippen LogP contribution in [0.2, 0.25) is 0 Å². The molecule has 6 heteroatoms. The highest BCUT2D eigenvalue weighted by Crippen LogP contribution is 2.37. The molecule has 3 heterocycles. The van der Waals surface area contributed by atoms with Crippen LogP contribution < -0.4 is 10.1 Å². The van der Waals surface area contributed by atoms with Crippen molar-refractivity contribution in [1.29, 1.82) is 0 Å². The summed E-state index contributed by atoms with van der Waals surface area (Å²) in [5.74, 6) is 0.744. The first-order chi connectivity index (χ1) is 14.2. The molecule has 2 aromatic carbocycles. The van der Waals surface area contributed by atoms with Gasteiger partial charge in [0.1, 0.15) is 17.8 Å². The average Bonchev–Trinajstić information content (AvgIpc) is 3.38. The maximum Gasteiger partial charge on any atom is 0.246 e. The number of piperazine rings is 1. The summed E-state index contributed by atoms with van der Waals surface area (Å²) in [5.41, 5.74) is 3.88. The molecule has 0 aliphatic carbocycles. The van der Waals surface area contributed by atoms with Gasteiger partial charge < -0.3 is 19.9 Å². The topological polar surface area (TPSA) is 74.4 Å². The molecule has 3 aromatic rings. The summed E-state index contributed by atoms with van der Waals surface area (Å²) in [6.45, 7) is 0.667. The van der Waals surface area contributed by atoms with E-state index in [1.807, 2.05) is 48.5 Å². The van der Waals surface area contributed by atoms with Crippen molar-refractivity contribution < 1.29 is 14.3 Å². The molecule has 0 radical (unpaired) electrons. The van der Waals surface area contributed by atoms with E-state index in [0.717, 1.165) is 46.3 Å². The fourth-order valence-corrected chi connectivity index (χ4v) is 4.67. The van der Waals surface area contributed by atoms with Gasteiger partial charge in [-0.25, -0.2) is 0 Å². The Kier molecular flexibility index (Phi) is 4.27. The largest absolute Gasteiger partial charge is 0.496 e. The maximum atomic E-state index is 13.1. The molecule has 1 aromatic heterocycles. The maximum absolute atomic E-state index is 13.1. The number of amides is 2. The average molecular weight is 389 g/mol. The molecule has 0 spiro atoms. The van der Waals surface area contributed by atoms with Crippen molar-refractivity contribution in [2.45, 2.75) is 31.3 Å². The lowest BCUT2D eigenvalue weighted by atomic mass is 9.96. The molecule has 2 saturated heterocycles. The molecular weight excluding hydrogens is 366 g/mol. The Morgan fingerprint density at radius 2 is 1.90 bits per heavy atom. The first-order valence-corrected chi connectivity index (χ1v) is 10.0. The van der Waals surface area contributed by atoms with Crippen molar-refractivity contribution in [2.24, 2.45) is 0 Å². The monoisotopic (exact) mass is 389 g/mol. The van der Waals surface area contributed by atoms with Gasteiger partial charge in [0.2, 0.25) is 11.8 Å². The van der Waals surface area contributed by atoms with E-state index in [4.69, 9.17) is 4.74 Å². The summed E-state index contributed by atoms with van der Waals surface area (Å²) in [4.78, 5) is 30.9. The molecule has 2 fully saturated rings. The number of methoxy groups -OCH3 is 1. The third-order valence-corrected chi connectivity index (χ3v) is 6.05. The highest BCUT2D eigenvalue weighted by molar-refractivity contribution is 5.99. The predicted octanol–water partition coefficient (Wildman–Crippen LogP) is 2.88. The van der Waals surface area contributed by atoms with Gasteiger partial charge in [-0.05, 0) is 36.6 Å². The molecule has 0 saturated carbocycles. The van der Waals surface area contributed by atoms with E-state index >= 15 is 0 Å². The van der Waals surface area contributed by atoms with Crippen LogP contribution in [0.1, 0.15) is 18.4 Å². The van der Waals surface area contributed by atoms with Gasteiger partial charge in [-0.1, -0.05) is 30.3 Å².